The normalized spacial score (nSPS) is 11.6. The molecule has 2 radical (unpaired) electrons. The van der Waals surface area contributed by atoms with E-state index < -0.39 is 0 Å². The van der Waals surface area contributed by atoms with Gasteiger partial charge in [-0.25, -0.2) is 4.52 Å². The molecule has 0 spiro atoms. The van der Waals surface area contributed by atoms with Crippen molar-refractivity contribution >= 4 is 18.8 Å². The summed E-state index contributed by atoms with van der Waals surface area (Å²) in [6, 6.07) is 4.34. The molecule has 18 heavy (non-hydrogen) atoms. The summed E-state index contributed by atoms with van der Waals surface area (Å²) in [4.78, 5) is 0. The number of fused-ring (bicyclic) bond motifs is 1. The van der Waals surface area contributed by atoms with Crippen molar-refractivity contribution in [3.63, 3.8) is 0 Å². The molecule has 0 unspecified atom stereocenters. The fourth-order valence-electron chi connectivity index (χ4n) is 2.80. The Morgan fingerprint density at radius 2 is 1.89 bits per heavy atom. The van der Waals surface area contributed by atoms with Crippen molar-refractivity contribution in [1.29, 1.82) is 0 Å². The highest BCUT2D eigenvalue weighted by Gasteiger charge is 2.15. The van der Waals surface area contributed by atoms with E-state index in [1.54, 1.807) is 6.20 Å². The first-order valence-corrected chi connectivity index (χ1v) is 6.91. The molecule has 0 N–H and O–H groups in total. The van der Waals surface area contributed by atoms with Gasteiger partial charge in [-0.2, -0.15) is 5.10 Å². The van der Waals surface area contributed by atoms with Crippen LogP contribution in [0.4, 0.5) is 0 Å². The molecule has 2 nitrogen and oxygen atoms in total. The van der Waals surface area contributed by atoms with Gasteiger partial charge in [-0.15, -0.1) is 0 Å². The second-order valence-corrected chi connectivity index (χ2v) is 5.05. The standard InChI is InChI=1S/C15H21BN2/c1-4-6-12(7-5-2)13-8-9-15-14(16)10-17-18(15)11(13)3/h8-10,12H,4-7H2,1-3H3. The van der Waals surface area contributed by atoms with Crippen molar-refractivity contribution in [2.45, 2.75) is 52.4 Å². The molecule has 2 aromatic heterocycles. The molecule has 94 valence electrons. The van der Waals surface area contributed by atoms with Gasteiger partial charge >= 0.3 is 0 Å². The van der Waals surface area contributed by atoms with Gasteiger partial charge in [0.15, 0.2) is 0 Å². The SMILES string of the molecule is [B]c1cnn2c(C)c(C(CCC)CCC)ccc12. The van der Waals surface area contributed by atoms with Crippen LogP contribution in [0, 0.1) is 6.92 Å². The molecule has 0 saturated carbocycles. The maximum Gasteiger partial charge on any atom is 0.119 e. The fraction of sp³-hybridized carbons (Fsp3) is 0.533. The van der Waals surface area contributed by atoms with Crippen LogP contribution in [0.2, 0.25) is 0 Å². The van der Waals surface area contributed by atoms with E-state index in [4.69, 9.17) is 7.85 Å². The molecule has 0 bridgehead atoms. The number of aryl methyl sites for hydroxylation is 1. The number of pyridine rings is 1. The average molecular weight is 240 g/mol. The zero-order valence-corrected chi connectivity index (χ0v) is 11.6. The van der Waals surface area contributed by atoms with Gasteiger partial charge in [-0.3, -0.25) is 0 Å². The quantitative estimate of drug-likeness (QED) is 0.734. The molecule has 0 atom stereocenters. The van der Waals surface area contributed by atoms with Gasteiger partial charge in [0.25, 0.3) is 0 Å². The smallest absolute Gasteiger partial charge is 0.119 e. The highest BCUT2D eigenvalue weighted by Crippen LogP contribution is 2.28. The second-order valence-electron chi connectivity index (χ2n) is 5.05. The predicted molar refractivity (Wildman–Crippen MR) is 77.9 cm³/mol. The van der Waals surface area contributed by atoms with E-state index in [0.717, 1.165) is 11.0 Å². The average Bonchev–Trinajstić information content (AvgIpc) is 2.73. The molecular formula is C15H21BN2. The lowest BCUT2D eigenvalue weighted by atomic mass is 9.89. The van der Waals surface area contributed by atoms with Crippen LogP contribution >= 0.6 is 0 Å². The minimum absolute atomic E-state index is 0.648. The highest BCUT2D eigenvalue weighted by atomic mass is 15.2. The summed E-state index contributed by atoms with van der Waals surface area (Å²) in [5.74, 6) is 0.648. The van der Waals surface area contributed by atoms with Crippen molar-refractivity contribution in [1.82, 2.24) is 9.61 Å². The van der Waals surface area contributed by atoms with E-state index in [-0.39, 0.29) is 0 Å². The first kappa shape index (κ1) is 13.2. The topological polar surface area (TPSA) is 17.3 Å². The first-order chi connectivity index (χ1) is 8.69. The zero-order chi connectivity index (χ0) is 13.1. The number of rotatable bonds is 5. The van der Waals surface area contributed by atoms with E-state index in [1.165, 1.54) is 36.9 Å². The summed E-state index contributed by atoms with van der Waals surface area (Å²) >= 11 is 0. The molecule has 2 heterocycles. The lowest BCUT2D eigenvalue weighted by molar-refractivity contribution is 0.554. The third kappa shape index (κ3) is 2.31. The van der Waals surface area contributed by atoms with E-state index in [0.29, 0.717) is 5.92 Å². The summed E-state index contributed by atoms with van der Waals surface area (Å²) < 4.78 is 1.98. The van der Waals surface area contributed by atoms with Gasteiger partial charge in [-0.1, -0.05) is 38.2 Å². The molecule has 0 aliphatic rings. The van der Waals surface area contributed by atoms with Crippen molar-refractivity contribution < 1.29 is 0 Å². The van der Waals surface area contributed by atoms with Gasteiger partial charge in [-0.05, 0) is 37.3 Å². The second kappa shape index (κ2) is 5.60. The van der Waals surface area contributed by atoms with E-state index >= 15 is 0 Å². The Kier molecular flexibility index (Phi) is 4.10. The summed E-state index contributed by atoms with van der Waals surface area (Å²) in [5, 5.41) is 4.37. The Morgan fingerprint density at radius 3 is 2.50 bits per heavy atom. The summed E-state index contributed by atoms with van der Waals surface area (Å²) in [6.07, 6.45) is 6.68. The minimum Gasteiger partial charge on any atom is -0.238 e. The molecule has 3 heteroatoms. The van der Waals surface area contributed by atoms with Crippen LogP contribution < -0.4 is 5.46 Å². The van der Waals surface area contributed by atoms with Crippen LogP contribution in [-0.2, 0) is 0 Å². The Balaban J connectivity index is 2.46. The Bertz CT molecular complexity index is 525. The third-order valence-electron chi connectivity index (χ3n) is 3.71. The van der Waals surface area contributed by atoms with E-state index in [1.807, 2.05) is 4.52 Å². The number of hydrogen-bond donors (Lipinski definition) is 0. The van der Waals surface area contributed by atoms with E-state index in [2.05, 4.69) is 38.0 Å². The van der Waals surface area contributed by atoms with Gasteiger partial charge in [0.1, 0.15) is 7.85 Å². The molecule has 2 rings (SSSR count). The van der Waals surface area contributed by atoms with Crippen LogP contribution in [0.1, 0.15) is 56.7 Å². The Morgan fingerprint density at radius 1 is 1.22 bits per heavy atom. The number of hydrogen-bond acceptors (Lipinski definition) is 1. The van der Waals surface area contributed by atoms with Crippen molar-refractivity contribution in [3.8, 4) is 0 Å². The van der Waals surface area contributed by atoms with Gasteiger partial charge < -0.3 is 0 Å². The number of nitrogens with zero attached hydrogens (tertiary/aromatic N) is 2. The van der Waals surface area contributed by atoms with Gasteiger partial charge in [0.2, 0.25) is 0 Å². The molecule has 0 amide bonds. The molecule has 0 saturated heterocycles. The number of aromatic nitrogens is 2. The first-order valence-electron chi connectivity index (χ1n) is 6.91. The fourth-order valence-corrected chi connectivity index (χ4v) is 2.80. The lowest BCUT2D eigenvalue weighted by Crippen LogP contribution is -2.07. The molecule has 0 fully saturated rings. The summed E-state index contributed by atoms with van der Waals surface area (Å²) in [5.41, 5.74) is 4.43. The van der Waals surface area contributed by atoms with Crippen LogP contribution in [0.5, 0.6) is 0 Å². The van der Waals surface area contributed by atoms with Crippen molar-refractivity contribution in [3.05, 3.63) is 29.6 Å². The maximum absolute atomic E-state index is 5.91. The predicted octanol–water partition coefficient (Wildman–Crippen LogP) is 3.12. The minimum atomic E-state index is 0.648. The summed E-state index contributed by atoms with van der Waals surface area (Å²) in [7, 11) is 5.91. The lowest BCUT2D eigenvalue weighted by Gasteiger charge is -2.19. The van der Waals surface area contributed by atoms with Gasteiger partial charge in [0, 0.05) is 11.9 Å². The Labute approximate surface area is 111 Å². The molecule has 0 aliphatic carbocycles. The summed E-state index contributed by atoms with van der Waals surface area (Å²) in [6.45, 7) is 6.65. The molecule has 0 aromatic carbocycles. The largest absolute Gasteiger partial charge is 0.238 e. The van der Waals surface area contributed by atoms with Crippen LogP contribution in [0.15, 0.2) is 18.3 Å². The zero-order valence-electron chi connectivity index (χ0n) is 11.6. The third-order valence-corrected chi connectivity index (χ3v) is 3.71. The van der Waals surface area contributed by atoms with Crippen molar-refractivity contribution in [2.75, 3.05) is 0 Å². The van der Waals surface area contributed by atoms with Crippen LogP contribution in [0.3, 0.4) is 0 Å². The monoisotopic (exact) mass is 240 g/mol. The highest BCUT2D eigenvalue weighted by molar-refractivity contribution is 6.36. The molecule has 2 aromatic rings. The Hall–Kier alpha value is -1.25. The van der Waals surface area contributed by atoms with Crippen molar-refractivity contribution in [2.24, 2.45) is 0 Å². The van der Waals surface area contributed by atoms with Gasteiger partial charge in [0.05, 0.1) is 5.52 Å². The maximum atomic E-state index is 5.91. The molecule has 0 aliphatic heterocycles. The van der Waals surface area contributed by atoms with E-state index in [9.17, 15) is 0 Å². The van der Waals surface area contributed by atoms with Crippen LogP contribution in [-0.4, -0.2) is 17.5 Å². The van der Waals surface area contributed by atoms with Crippen LogP contribution in [0.25, 0.3) is 5.52 Å². The molecular weight excluding hydrogens is 219 g/mol.